The minimum Gasteiger partial charge on any atom is -0.320 e. The Morgan fingerprint density at radius 1 is 0.947 bits per heavy atom. The summed E-state index contributed by atoms with van der Waals surface area (Å²) in [5, 5.41) is 0. The number of aryl methyl sites for hydroxylation is 1. The number of thioether (sulfide) groups is 1. The molecule has 19 heavy (non-hydrogen) atoms. The number of hydrogen-bond donors (Lipinski definition) is 1. The standard InChI is InChI=1S/C17H21NS/c1-3-4-13-5-7-14(8-6-13)17(18)15-9-11-16(19-2)12-10-15/h5-12,17H,3-4,18H2,1-2H3. The van der Waals surface area contributed by atoms with E-state index in [0.717, 1.165) is 6.42 Å². The molecule has 0 aliphatic rings. The van der Waals surface area contributed by atoms with Crippen molar-refractivity contribution >= 4 is 11.8 Å². The van der Waals surface area contributed by atoms with E-state index in [1.807, 2.05) is 0 Å². The largest absolute Gasteiger partial charge is 0.320 e. The van der Waals surface area contributed by atoms with Crippen molar-refractivity contribution < 1.29 is 0 Å². The summed E-state index contributed by atoms with van der Waals surface area (Å²) in [6.45, 7) is 2.20. The van der Waals surface area contributed by atoms with Crippen molar-refractivity contribution in [3.8, 4) is 0 Å². The second-order valence-electron chi connectivity index (χ2n) is 4.74. The van der Waals surface area contributed by atoms with Gasteiger partial charge in [0.2, 0.25) is 0 Å². The van der Waals surface area contributed by atoms with Crippen LogP contribution in [0.1, 0.15) is 36.1 Å². The molecule has 2 rings (SSSR count). The maximum Gasteiger partial charge on any atom is 0.0551 e. The molecule has 0 fully saturated rings. The van der Waals surface area contributed by atoms with Gasteiger partial charge in [-0.05, 0) is 41.5 Å². The van der Waals surface area contributed by atoms with Crippen molar-refractivity contribution in [3.05, 3.63) is 65.2 Å². The van der Waals surface area contributed by atoms with Crippen molar-refractivity contribution in [2.75, 3.05) is 6.26 Å². The third-order valence-corrected chi connectivity index (χ3v) is 4.10. The van der Waals surface area contributed by atoms with E-state index in [4.69, 9.17) is 5.73 Å². The first-order chi connectivity index (χ1) is 9.24. The third-order valence-electron chi connectivity index (χ3n) is 3.35. The van der Waals surface area contributed by atoms with Crippen LogP contribution < -0.4 is 5.73 Å². The molecule has 1 atom stereocenters. The van der Waals surface area contributed by atoms with Gasteiger partial charge < -0.3 is 5.73 Å². The van der Waals surface area contributed by atoms with Crippen molar-refractivity contribution in [1.82, 2.24) is 0 Å². The summed E-state index contributed by atoms with van der Waals surface area (Å²) in [7, 11) is 0. The minimum absolute atomic E-state index is 0.0356. The van der Waals surface area contributed by atoms with Crippen LogP contribution in [-0.2, 0) is 6.42 Å². The van der Waals surface area contributed by atoms with Crippen molar-refractivity contribution in [3.63, 3.8) is 0 Å². The fourth-order valence-electron chi connectivity index (χ4n) is 2.18. The zero-order valence-corrected chi connectivity index (χ0v) is 12.4. The van der Waals surface area contributed by atoms with Crippen LogP contribution in [0.5, 0.6) is 0 Å². The molecule has 0 heterocycles. The molecule has 0 aromatic heterocycles. The van der Waals surface area contributed by atoms with Gasteiger partial charge in [0.1, 0.15) is 0 Å². The molecule has 0 saturated carbocycles. The van der Waals surface area contributed by atoms with Gasteiger partial charge in [-0.2, -0.15) is 0 Å². The lowest BCUT2D eigenvalue weighted by Crippen LogP contribution is -2.11. The Hall–Kier alpha value is -1.25. The first kappa shape index (κ1) is 14.2. The van der Waals surface area contributed by atoms with Crippen LogP contribution in [0.15, 0.2) is 53.4 Å². The summed E-state index contributed by atoms with van der Waals surface area (Å²) in [5.41, 5.74) is 10.1. The molecule has 0 aliphatic carbocycles. The van der Waals surface area contributed by atoms with Gasteiger partial charge in [-0.25, -0.2) is 0 Å². The Balaban J connectivity index is 2.15. The fraction of sp³-hybridized carbons (Fsp3) is 0.294. The van der Waals surface area contributed by atoms with E-state index in [9.17, 15) is 0 Å². The lowest BCUT2D eigenvalue weighted by Gasteiger charge is -2.13. The molecule has 0 spiro atoms. The van der Waals surface area contributed by atoms with Gasteiger partial charge in [0.05, 0.1) is 6.04 Å². The Labute approximate surface area is 120 Å². The average Bonchev–Trinajstić information content (AvgIpc) is 2.48. The second-order valence-corrected chi connectivity index (χ2v) is 5.62. The summed E-state index contributed by atoms with van der Waals surface area (Å²) in [4.78, 5) is 1.27. The highest BCUT2D eigenvalue weighted by molar-refractivity contribution is 7.98. The van der Waals surface area contributed by atoms with Crippen LogP contribution in [0.25, 0.3) is 0 Å². The van der Waals surface area contributed by atoms with Gasteiger partial charge in [0, 0.05) is 4.90 Å². The lowest BCUT2D eigenvalue weighted by atomic mass is 9.98. The van der Waals surface area contributed by atoms with Gasteiger partial charge in [0.25, 0.3) is 0 Å². The fourth-order valence-corrected chi connectivity index (χ4v) is 2.59. The predicted molar refractivity (Wildman–Crippen MR) is 84.7 cm³/mol. The highest BCUT2D eigenvalue weighted by atomic mass is 32.2. The Bertz CT molecular complexity index is 502. The molecule has 0 bridgehead atoms. The molecule has 2 heteroatoms. The quantitative estimate of drug-likeness (QED) is 0.815. The Morgan fingerprint density at radius 2 is 1.47 bits per heavy atom. The lowest BCUT2D eigenvalue weighted by molar-refractivity contribution is 0.863. The van der Waals surface area contributed by atoms with Gasteiger partial charge in [-0.1, -0.05) is 49.7 Å². The molecule has 2 N–H and O–H groups in total. The van der Waals surface area contributed by atoms with E-state index in [2.05, 4.69) is 61.7 Å². The van der Waals surface area contributed by atoms with E-state index in [-0.39, 0.29) is 6.04 Å². The molecule has 2 aromatic rings. The number of hydrogen-bond acceptors (Lipinski definition) is 2. The number of benzene rings is 2. The monoisotopic (exact) mass is 271 g/mol. The van der Waals surface area contributed by atoms with E-state index in [0.29, 0.717) is 0 Å². The van der Waals surface area contributed by atoms with Gasteiger partial charge in [0.15, 0.2) is 0 Å². The van der Waals surface area contributed by atoms with Crippen LogP contribution in [0.4, 0.5) is 0 Å². The minimum atomic E-state index is -0.0356. The van der Waals surface area contributed by atoms with Crippen molar-refractivity contribution in [2.45, 2.75) is 30.7 Å². The first-order valence-corrected chi connectivity index (χ1v) is 7.95. The van der Waals surface area contributed by atoms with Crippen molar-refractivity contribution in [2.24, 2.45) is 5.73 Å². The van der Waals surface area contributed by atoms with Crippen LogP contribution in [0, 0.1) is 0 Å². The maximum absolute atomic E-state index is 6.33. The third kappa shape index (κ3) is 3.62. The normalized spacial score (nSPS) is 12.4. The summed E-state index contributed by atoms with van der Waals surface area (Å²) in [6, 6.07) is 17.1. The molecular weight excluding hydrogens is 250 g/mol. The highest BCUT2D eigenvalue weighted by Crippen LogP contribution is 2.23. The second kappa shape index (κ2) is 6.78. The number of nitrogens with two attached hydrogens (primary N) is 1. The topological polar surface area (TPSA) is 26.0 Å². The first-order valence-electron chi connectivity index (χ1n) is 6.73. The summed E-state index contributed by atoms with van der Waals surface area (Å²) in [5.74, 6) is 0. The summed E-state index contributed by atoms with van der Waals surface area (Å²) >= 11 is 1.75. The molecule has 0 amide bonds. The van der Waals surface area contributed by atoms with Crippen LogP contribution in [-0.4, -0.2) is 6.26 Å². The van der Waals surface area contributed by atoms with Gasteiger partial charge >= 0.3 is 0 Å². The molecule has 1 nitrogen and oxygen atoms in total. The maximum atomic E-state index is 6.33. The van der Waals surface area contributed by atoms with E-state index < -0.39 is 0 Å². The van der Waals surface area contributed by atoms with Gasteiger partial charge in [-0.15, -0.1) is 11.8 Å². The average molecular weight is 271 g/mol. The van der Waals surface area contributed by atoms with E-state index >= 15 is 0 Å². The zero-order chi connectivity index (χ0) is 13.7. The summed E-state index contributed by atoms with van der Waals surface area (Å²) in [6.07, 6.45) is 4.40. The molecule has 100 valence electrons. The van der Waals surface area contributed by atoms with Crippen LogP contribution in [0.3, 0.4) is 0 Å². The predicted octanol–water partition coefficient (Wildman–Crippen LogP) is 4.41. The van der Waals surface area contributed by atoms with Crippen LogP contribution >= 0.6 is 11.8 Å². The van der Waals surface area contributed by atoms with Crippen LogP contribution in [0.2, 0.25) is 0 Å². The molecular formula is C17H21NS. The van der Waals surface area contributed by atoms with Gasteiger partial charge in [-0.3, -0.25) is 0 Å². The van der Waals surface area contributed by atoms with E-state index in [1.165, 1.54) is 28.0 Å². The summed E-state index contributed by atoms with van der Waals surface area (Å²) < 4.78 is 0. The highest BCUT2D eigenvalue weighted by Gasteiger charge is 2.08. The molecule has 0 radical (unpaired) electrons. The number of rotatable bonds is 5. The molecule has 0 aliphatic heterocycles. The Kier molecular flexibility index (Phi) is 5.06. The Morgan fingerprint density at radius 3 is 1.95 bits per heavy atom. The molecule has 2 aromatic carbocycles. The molecule has 1 unspecified atom stereocenters. The molecule has 0 saturated heterocycles. The zero-order valence-electron chi connectivity index (χ0n) is 11.6. The SMILES string of the molecule is CCCc1ccc(C(N)c2ccc(SC)cc2)cc1. The smallest absolute Gasteiger partial charge is 0.0551 e. The van der Waals surface area contributed by atoms with E-state index in [1.54, 1.807) is 11.8 Å². The van der Waals surface area contributed by atoms with Crippen molar-refractivity contribution in [1.29, 1.82) is 0 Å².